The number of halogens is 1. The van der Waals surface area contributed by atoms with Crippen molar-refractivity contribution in [1.29, 1.82) is 0 Å². The van der Waals surface area contributed by atoms with E-state index in [9.17, 15) is 0 Å². The zero-order chi connectivity index (χ0) is 16.1. The van der Waals surface area contributed by atoms with Crippen molar-refractivity contribution in [1.82, 2.24) is 0 Å². The van der Waals surface area contributed by atoms with Gasteiger partial charge in [0.05, 0.1) is 23.9 Å². The number of benzene rings is 2. The Balaban J connectivity index is 2.33. The molecule has 0 aliphatic heterocycles. The minimum absolute atomic E-state index is 0.588. The molecule has 0 amide bonds. The molecule has 0 atom stereocenters. The average molecular weight is 362 g/mol. The fourth-order valence-electron chi connectivity index (χ4n) is 2.19. The lowest BCUT2D eigenvalue weighted by atomic mass is 10.1. The third kappa shape index (κ3) is 3.89. The zero-order valence-corrected chi connectivity index (χ0v) is 14.9. The Bertz CT molecular complexity index is 696. The Morgan fingerprint density at radius 2 is 1.95 bits per heavy atom. The molecule has 3 nitrogen and oxygen atoms in total. The normalized spacial score (nSPS) is 11.0. The van der Waals surface area contributed by atoms with Gasteiger partial charge in [-0.05, 0) is 66.0 Å². The summed E-state index contributed by atoms with van der Waals surface area (Å²) in [5, 5.41) is 0. The van der Waals surface area contributed by atoms with E-state index in [2.05, 4.69) is 46.9 Å². The Kier molecular flexibility index (Phi) is 5.61. The summed E-state index contributed by atoms with van der Waals surface area (Å²) in [5.41, 5.74) is 4.32. The van der Waals surface area contributed by atoms with Gasteiger partial charge in [0.2, 0.25) is 0 Å². The second kappa shape index (κ2) is 7.45. The van der Waals surface area contributed by atoms with Crippen LogP contribution in [0, 0.1) is 13.8 Å². The lowest BCUT2D eigenvalue weighted by Gasteiger charge is -2.12. The molecule has 0 aliphatic rings. The van der Waals surface area contributed by atoms with Crippen molar-refractivity contribution >= 4 is 27.8 Å². The maximum atomic E-state index is 5.59. The second-order valence-electron chi connectivity index (χ2n) is 5.02. The number of hydrogen-bond acceptors (Lipinski definition) is 3. The summed E-state index contributed by atoms with van der Waals surface area (Å²) >= 11 is 3.52. The molecule has 0 spiro atoms. The number of aliphatic imine (C=N–C) groups is 1. The molecule has 116 valence electrons. The van der Waals surface area contributed by atoms with Crippen molar-refractivity contribution in [2.45, 2.75) is 20.8 Å². The summed E-state index contributed by atoms with van der Waals surface area (Å²) in [5.74, 6) is 1.41. The lowest BCUT2D eigenvalue weighted by Crippen LogP contribution is -1.97. The molecule has 0 aromatic heterocycles. The van der Waals surface area contributed by atoms with E-state index in [0.29, 0.717) is 18.1 Å². The van der Waals surface area contributed by atoms with Gasteiger partial charge in [-0.1, -0.05) is 17.7 Å². The van der Waals surface area contributed by atoms with E-state index in [-0.39, 0.29) is 0 Å². The summed E-state index contributed by atoms with van der Waals surface area (Å²) in [6.07, 6.45) is 1.83. The maximum Gasteiger partial charge on any atom is 0.175 e. The molecule has 0 radical (unpaired) electrons. The van der Waals surface area contributed by atoms with Crippen LogP contribution < -0.4 is 9.47 Å². The van der Waals surface area contributed by atoms with Gasteiger partial charge >= 0.3 is 0 Å². The molecule has 0 saturated heterocycles. The van der Waals surface area contributed by atoms with E-state index in [1.807, 2.05) is 31.3 Å². The number of nitrogens with zero attached hydrogens (tertiary/aromatic N) is 1. The van der Waals surface area contributed by atoms with Crippen LogP contribution in [0.1, 0.15) is 23.6 Å². The third-order valence-electron chi connectivity index (χ3n) is 3.25. The largest absolute Gasteiger partial charge is 0.493 e. The van der Waals surface area contributed by atoms with Crippen molar-refractivity contribution in [2.75, 3.05) is 13.7 Å². The summed E-state index contributed by atoms with van der Waals surface area (Å²) in [6, 6.07) is 10.1. The summed E-state index contributed by atoms with van der Waals surface area (Å²) in [6.45, 7) is 6.68. The van der Waals surface area contributed by atoms with Crippen molar-refractivity contribution < 1.29 is 9.47 Å². The first kappa shape index (κ1) is 16.6. The van der Waals surface area contributed by atoms with E-state index >= 15 is 0 Å². The van der Waals surface area contributed by atoms with Crippen molar-refractivity contribution in [3.8, 4) is 11.5 Å². The molecule has 0 fully saturated rings. The Hall–Kier alpha value is -1.81. The monoisotopic (exact) mass is 361 g/mol. The molecule has 4 heteroatoms. The minimum Gasteiger partial charge on any atom is -0.493 e. The molecule has 0 N–H and O–H groups in total. The molecular formula is C18H20BrNO2. The summed E-state index contributed by atoms with van der Waals surface area (Å²) in [4.78, 5) is 4.57. The first-order valence-corrected chi connectivity index (χ1v) is 7.96. The highest BCUT2D eigenvalue weighted by atomic mass is 79.9. The molecule has 2 rings (SSSR count). The number of methoxy groups -OCH3 is 1. The first-order valence-electron chi connectivity index (χ1n) is 7.16. The topological polar surface area (TPSA) is 30.8 Å². The molecule has 0 bridgehead atoms. The number of hydrogen-bond donors (Lipinski definition) is 0. The van der Waals surface area contributed by atoms with Gasteiger partial charge in [-0.25, -0.2) is 0 Å². The van der Waals surface area contributed by atoms with E-state index in [1.165, 1.54) is 5.56 Å². The standard InChI is InChI=1S/C18H20BrNO2/c1-5-22-18-15(19)9-14(10-17(18)21-4)11-20-16-7-6-12(2)8-13(16)3/h6-11H,5H2,1-4H3. The highest BCUT2D eigenvalue weighted by Crippen LogP contribution is 2.36. The SMILES string of the molecule is CCOc1c(Br)cc(C=Nc2ccc(C)cc2C)cc1OC. The molecule has 0 saturated carbocycles. The molecular weight excluding hydrogens is 342 g/mol. The average Bonchev–Trinajstić information content (AvgIpc) is 2.48. The molecule has 22 heavy (non-hydrogen) atoms. The quantitative estimate of drug-likeness (QED) is 0.683. The predicted molar refractivity (Wildman–Crippen MR) is 95.0 cm³/mol. The Labute approximate surface area is 140 Å². The Morgan fingerprint density at radius 1 is 1.18 bits per heavy atom. The van der Waals surface area contributed by atoms with Crippen LogP contribution in [0.3, 0.4) is 0 Å². The van der Waals surface area contributed by atoms with Crippen LogP contribution in [-0.2, 0) is 0 Å². The van der Waals surface area contributed by atoms with Crippen molar-refractivity contribution in [3.63, 3.8) is 0 Å². The third-order valence-corrected chi connectivity index (χ3v) is 3.83. The first-order chi connectivity index (χ1) is 10.5. The summed E-state index contributed by atoms with van der Waals surface area (Å²) < 4.78 is 11.8. The number of ether oxygens (including phenoxy) is 2. The molecule has 0 aliphatic carbocycles. The van der Waals surface area contributed by atoms with Crippen LogP contribution >= 0.6 is 15.9 Å². The van der Waals surface area contributed by atoms with E-state index in [4.69, 9.17) is 9.47 Å². The van der Waals surface area contributed by atoms with Crippen LogP contribution in [0.15, 0.2) is 39.8 Å². The zero-order valence-electron chi connectivity index (χ0n) is 13.3. The van der Waals surface area contributed by atoms with Gasteiger partial charge in [0.25, 0.3) is 0 Å². The van der Waals surface area contributed by atoms with Crippen molar-refractivity contribution in [2.24, 2.45) is 4.99 Å². The second-order valence-corrected chi connectivity index (χ2v) is 5.87. The number of rotatable bonds is 5. The van der Waals surface area contributed by atoms with E-state index in [0.717, 1.165) is 21.3 Å². The van der Waals surface area contributed by atoms with E-state index < -0.39 is 0 Å². The minimum atomic E-state index is 0.588. The van der Waals surface area contributed by atoms with Gasteiger partial charge in [0, 0.05) is 6.21 Å². The van der Waals surface area contributed by atoms with Gasteiger partial charge in [-0.15, -0.1) is 0 Å². The lowest BCUT2D eigenvalue weighted by molar-refractivity contribution is 0.309. The van der Waals surface area contributed by atoms with Crippen molar-refractivity contribution in [3.05, 3.63) is 51.5 Å². The molecule has 0 unspecified atom stereocenters. The predicted octanol–water partition coefficient (Wildman–Crippen LogP) is 5.22. The highest BCUT2D eigenvalue weighted by molar-refractivity contribution is 9.10. The van der Waals surface area contributed by atoms with Gasteiger partial charge in [0.1, 0.15) is 0 Å². The van der Waals surface area contributed by atoms with Crippen LogP contribution in [0.25, 0.3) is 0 Å². The Morgan fingerprint density at radius 3 is 2.59 bits per heavy atom. The van der Waals surface area contributed by atoms with Crippen LogP contribution in [0.2, 0.25) is 0 Å². The van der Waals surface area contributed by atoms with Gasteiger partial charge < -0.3 is 9.47 Å². The van der Waals surface area contributed by atoms with Gasteiger partial charge in [0.15, 0.2) is 11.5 Å². The molecule has 0 heterocycles. The molecule has 2 aromatic carbocycles. The molecule has 2 aromatic rings. The highest BCUT2D eigenvalue weighted by Gasteiger charge is 2.10. The summed E-state index contributed by atoms with van der Waals surface area (Å²) in [7, 11) is 1.63. The van der Waals surface area contributed by atoms with E-state index in [1.54, 1.807) is 7.11 Å². The van der Waals surface area contributed by atoms with Crippen LogP contribution in [0.5, 0.6) is 11.5 Å². The fourth-order valence-corrected chi connectivity index (χ4v) is 2.77. The van der Waals surface area contributed by atoms with Crippen LogP contribution in [0.4, 0.5) is 5.69 Å². The van der Waals surface area contributed by atoms with Gasteiger partial charge in [-0.3, -0.25) is 4.99 Å². The number of aryl methyl sites for hydroxylation is 2. The maximum absolute atomic E-state index is 5.59. The van der Waals surface area contributed by atoms with Crippen LogP contribution in [-0.4, -0.2) is 19.9 Å². The van der Waals surface area contributed by atoms with Gasteiger partial charge in [-0.2, -0.15) is 0 Å². The fraction of sp³-hybridized carbons (Fsp3) is 0.278. The smallest absolute Gasteiger partial charge is 0.175 e.